The molecule has 0 aromatic heterocycles. The first kappa shape index (κ1) is 20.3. The number of hydrogen-bond acceptors (Lipinski definition) is 4. The van der Waals surface area contributed by atoms with Crippen LogP contribution in [-0.2, 0) is 6.42 Å². The zero-order chi connectivity index (χ0) is 21.0. The van der Waals surface area contributed by atoms with Gasteiger partial charge in [-0.1, -0.05) is 48.0 Å². The summed E-state index contributed by atoms with van der Waals surface area (Å²) in [5.41, 5.74) is 4.88. The van der Waals surface area contributed by atoms with Crippen LogP contribution in [0.25, 0.3) is 22.3 Å². The monoisotopic (exact) mass is 390 g/mol. The van der Waals surface area contributed by atoms with Crippen LogP contribution >= 0.6 is 0 Å². The van der Waals surface area contributed by atoms with Crippen molar-refractivity contribution in [2.45, 2.75) is 20.3 Å². The molecule has 0 bridgehead atoms. The third-order valence-corrected chi connectivity index (χ3v) is 4.83. The third-order valence-electron chi connectivity index (χ3n) is 4.83. The number of benzene rings is 3. The van der Waals surface area contributed by atoms with Crippen molar-refractivity contribution >= 4 is 0 Å². The molecule has 0 radical (unpaired) electrons. The summed E-state index contributed by atoms with van der Waals surface area (Å²) >= 11 is 0. The van der Waals surface area contributed by atoms with Crippen molar-refractivity contribution in [2.24, 2.45) is 0 Å². The van der Waals surface area contributed by atoms with Gasteiger partial charge in [0.2, 0.25) is 0 Å². The van der Waals surface area contributed by atoms with E-state index in [1.165, 1.54) is 12.7 Å². The molecule has 0 spiro atoms. The first-order valence-electron chi connectivity index (χ1n) is 9.45. The smallest absolute Gasteiger partial charge is 0.170 e. The van der Waals surface area contributed by atoms with E-state index in [1.807, 2.05) is 56.3 Å². The lowest BCUT2D eigenvalue weighted by molar-refractivity contribution is 0.369. The maximum atomic E-state index is 11.1. The second-order valence-corrected chi connectivity index (χ2v) is 7.08. The Balaban J connectivity index is 2.20. The summed E-state index contributed by atoms with van der Waals surface area (Å²) in [6.07, 6.45) is 2.65. The van der Waals surface area contributed by atoms with E-state index in [1.54, 1.807) is 19.2 Å². The summed E-state index contributed by atoms with van der Waals surface area (Å²) in [6.45, 7) is 4.03. The van der Waals surface area contributed by atoms with Gasteiger partial charge >= 0.3 is 0 Å². The van der Waals surface area contributed by atoms with Crippen molar-refractivity contribution in [1.29, 1.82) is 0 Å². The average Bonchev–Trinajstić information content (AvgIpc) is 2.73. The summed E-state index contributed by atoms with van der Waals surface area (Å²) in [4.78, 5) is 0. The van der Waals surface area contributed by atoms with E-state index < -0.39 is 0 Å². The SMILES string of the molecule is COc1cc(-c2ccccc2)c(OC)c(O)c1-c1ccc(O)c(CC=C(C)C)c1. The molecule has 0 amide bonds. The van der Waals surface area contributed by atoms with E-state index in [0.717, 1.165) is 22.3 Å². The van der Waals surface area contributed by atoms with Crippen LogP contribution in [-0.4, -0.2) is 24.4 Å². The molecule has 0 unspecified atom stereocenters. The highest BCUT2D eigenvalue weighted by molar-refractivity contribution is 5.87. The first-order valence-corrected chi connectivity index (χ1v) is 9.45. The molecule has 0 aliphatic rings. The fourth-order valence-electron chi connectivity index (χ4n) is 3.32. The lowest BCUT2D eigenvalue weighted by Crippen LogP contribution is -1.96. The van der Waals surface area contributed by atoms with E-state index >= 15 is 0 Å². The number of methoxy groups -OCH3 is 2. The van der Waals surface area contributed by atoms with Crippen molar-refractivity contribution in [1.82, 2.24) is 0 Å². The minimum atomic E-state index is 0.00422. The molecule has 3 rings (SSSR count). The predicted octanol–water partition coefficient (Wildman–Crippen LogP) is 5.96. The Bertz CT molecular complexity index is 1030. The lowest BCUT2D eigenvalue weighted by Gasteiger charge is -2.18. The Labute approximate surface area is 171 Å². The summed E-state index contributed by atoms with van der Waals surface area (Å²) < 4.78 is 11.2. The minimum absolute atomic E-state index is 0.00422. The number of ether oxygens (including phenoxy) is 2. The first-order chi connectivity index (χ1) is 14.0. The molecule has 0 fully saturated rings. The summed E-state index contributed by atoms with van der Waals surface area (Å²) in [5, 5.41) is 21.3. The summed E-state index contributed by atoms with van der Waals surface area (Å²) in [6, 6.07) is 16.8. The predicted molar refractivity (Wildman–Crippen MR) is 117 cm³/mol. The van der Waals surface area contributed by atoms with E-state index in [2.05, 4.69) is 6.08 Å². The molecular weight excluding hydrogens is 364 g/mol. The van der Waals surface area contributed by atoms with Gasteiger partial charge in [0.05, 0.1) is 19.8 Å². The zero-order valence-electron chi connectivity index (χ0n) is 17.2. The second kappa shape index (κ2) is 8.74. The van der Waals surface area contributed by atoms with Gasteiger partial charge < -0.3 is 19.7 Å². The standard InChI is InChI=1S/C25H26O4/c1-16(2)10-11-18-14-19(12-13-21(18)26)23-22(28-3)15-20(25(29-4)24(23)27)17-8-6-5-7-9-17/h5-10,12-15,26-27H,11H2,1-4H3. The molecule has 0 heterocycles. The molecule has 0 saturated heterocycles. The maximum absolute atomic E-state index is 11.1. The minimum Gasteiger partial charge on any atom is -0.508 e. The fourth-order valence-corrected chi connectivity index (χ4v) is 3.32. The summed E-state index contributed by atoms with van der Waals surface area (Å²) in [7, 11) is 3.11. The van der Waals surface area contributed by atoms with E-state index in [4.69, 9.17) is 9.47 Å². The molecule has 4 nitrogen and oxygen atoms in total. The highest BCUT2D eigenvalue weighted by atomic mass is 16.5. The van der Waals surface area contributed by atoms with Crippen LogP contribution in [0.3, 0.4) is 0 Å². The number of hydrogen-bond donors (Lipinski definition) is 2. The molecular formula is C25H26O4. The van der Waals surface area contributed by atoms with Gasteiger partial charge in [-0.2, -0.15) is 0 Å². The van der Waals surface area contributed by atoms with Crippen molar-refractivity contribution in [3.63, 3.8) is 0 Å². The van der Waals surface area contributed by atoms with Crippen LogP contribution in [0.5, 0.6) is 23.0 Å². The Morgan fingerprint density at radius 1 is 0.897 bits per heavy atom. The number of allylic oxidation sites excluding steroid dienone is 2. The van der Waals surface area contributed by atoms with Crippen LogP contribution in [0.4, 0.5) is 0 Å². The molecule has 2 N–H and O–H groups in total. The molecule has 0 atom stereocenters. The van der Waals surface area contributed by atoms with Gasteiger partial charge in [-0.15, -0.1) is 0 Å². The average molecular weight is 390 g/mol. The van der Waals surface area contributed by atoms with Crippen LogP contribution in [0.1, 0.15) is 19.4 Å². The normalized spacial score (nSPS) is 10.5. The Morgan fingerprint density at radius 2 is 1.62 bits per heavy atom. The molecule has 29 heavy (non-hydrogen) atoms. The van der Waals surface area contributed by atoms with Crippen molar-refractivity contribution in [2.75, 3.05) is 14.2 Å². The van der Waals surface area contributed by atoms with E-state index in [0.29, 0.717) is 23.5 Å². The molecule has 0 aliphatic carbocycles. The molecule has 150 valence electrons. The van der Waals surface area contributed by atoms with Crippen LogP contribution in [0.2, 0.25) is 0 Å². The number of aromatic hydroxyl groups is 2. The van der Waals surface area contributed by atoms with Crippen molar-refractivity contribution < 1.29 is 19.7 Å². The zero-order valence-corrected chi connectivity index (χ0v) is 17.2. The maximum Gasteiger partial charge on any atom is 0.170 e. The van der Waals surface area contributed by atoms with Gasteiger partial charge in [-0.25, -0.2) is 0 Å². The third kappa shape index (κ3) is 4.21. The molecule has 4 heteroatoms. The number of rotatable bonds is 6. The van der Waals surface area contributed by atoms with E-state index in [9.17, 15) is 10.2 Å². The quantitative estimate of drug-likeness (QED) is 0.510. The van der Waals surface area contributed by atoms with Crippen molar-refractivity contribution in [3.8, 4) is 45.3 Å². The second-order valence-electron chi connectivity index (χ2n) is 7.08. The highest BCUT2D eigenvalue weighted by Crippen LogP contribution is 2.49. The van der Waals surface area contributed by atoms with Gasteiger partial charge in [0.1, 0.15) is 11.5 Å². The molecule has 0 saturated carbocycles. The van der Waals surface area contributed by atoms with Gasteiger partial charge in [-0.05, 0) is 55.2 Å². The Hall–Kier alpha value is -3.40. The topological polar surface area (TPSA) is 58.9 Å². The Kier molecular flexibility index (Phi) is 6.13. The van der Waals surface area contributed by atoms with Gasteiger partial charge in [0, 0.05) is 5.56 Å². The van der Waals surface area contributed by atoms with E-state index in [-0.39, 0.29) is 11.5 Å². The van der Waals surface area contributed by atoms with Gasteiger partial charge in [-0.3, -0.25) is 0 Å². The molecule has 3 aromatic rings. The van der Waals surface area contributed by atoms with Gasteiger partial charge in [0.25, 0.3) is 0 Å². The highest BCUT2D eigenvalue weighted by Gasteiger charge is 2.22. The number of phenols is 2. The van der Waals surface area contributed by atoms with Crippen LogP contribution in [0.15, 0.2) is 66.2 Å². The Morgan fingerprint density at radius 3 is 2.24 bits per heavy atom. The van der Waals surface area contributed by atoms with Crippen LogP contribution < -0.4 is 9.47 Å². The summed E-state index contributed by atoms with van der Waals surface area (Å²) in [5.74, 6) is 1.13. The van der Waals surface area contributed by atoms with Gasteiger partial charge in [0.15, 0.2) is 11.5 Å². The lowest BCUT2D eigenvalue weighted by atomic mass is 9.94. The van der Waals surface area contributed by atoms with Crippen molar-refractivity contribution in [3.05, 3.63) is 71.8 Å². The fraction of sp³-hybridized carbons (Fsp3) is 0.200. The molecule has 3 aromatic carbocycles. The number of phenolic OH excluding ortho intramolecular Hbond substituents is 2. The largest absolute Gasteiger partial charge is 0.508 e. The molecule has 0 aliphatic heterocycles. The van der Waals surface area contributed by atoms with Crippen LogP contribution in [0, 0.1) is 0 Å².